The number of halogens is 3. The predicted molar refractivity (Wildman–Crippen MR) is 127 cm³/mol. The minimum Gasteiger partial charge on any atom is -0.366 e. The summed E-state index contributed by atoms with van der Waals surface area (Å²) < 4.78 is 39.6. The number of aryl methyl sites for hydroxylation is 1. The Morgan fingerprint density at radius 2 is 1.36 bits per heavy atom. The van der Waals surface area contributed by atoms with Crippen LogP contribution in [0.25, 0.3) is 11.1 Å². The van der Waals surface area contributed by atoms with Crippen molar-refractivity contribution in [2.75, 3.05) is 0 Å². The second-order valence-corrected chi connectivity index (χ2v) is 8.38. The summed E-state index contributed by atoms with van der Waals surface area (Å²) in [6, 6.07) is 20.8. The van der Waals surface area contributed by atoms with Crippen molar-refractivity contribution in [1.82, 2.24) is 0 Å². The average molecular weight is 454 g/mol. The lowest BCUT2D eigenvalue weighted by molar-refractivity contribution is -0.137. The molecule has 2 N–H and O–H groups in total. The summed E-state index contributed by atoms with van der Waals surface area (Å²) in [4.78, 5) is 12.0. The minimum absolute atomic E-state index is 0.382. The quantitative estimate of drug-likeness (QED) is 0.299. The zero-order chi connectivity index (χ0) is 23.7. The van der Waals surface area contributed by atoms with Gasteiger partial charge in [0, 0.05) is 5.56 Å². The summed E-state index contributed by atoms with van der Waals surface area (Å²) in [5, 5.41) is 0. The zero-order valence-electron chi connectivity index (χ0n) is 18.7. The molecule has 0 spiro atoms. The van der Waals surface area contributed by atoms with Gasteiger partial charge in [0.25, 0.3) is 0 Å². The molecule has 0 bridgehead atoms. The summed E-state index contributed by atoms with van der Waals surface area (Å²) in [6.45, 7) is 0. The Hall–Kier alpha value is -3.08. The standard InChI is InChI=1S/C28H30F3NO/c29-28(30,31)23-16-10-15-22(20-23)24-18-11-19-26(27(32)33)25(24)17-9-4-2-1-3-6-12-21-13-7-5-8-14-21/h5,7-8,10-11,13-16,18-20H,1-4,6,9,12,17H2,(H2,32,33). The van der Waals surface area contributed by atoms with Crippen LogP contribution in [0, 0.1) is 0 Å². The Morgan fingerprint density at radius 3 is 2.03 bits per heavy atom. The van der Waals surface area contributed by atoms with Crippen LogP contribution in [-0.2, 0) is 19.0 Å². The smallest absolute Gasteiger partial charge is 0.366 e. The number of carbonyl (C=O) groups excluding carboxylic acids is 1. The molecular weight excluding hydrogens is 423 g/mol. The van der Waals surface area contributed by atoms with Crippen molar-refractivity contribution < 1.29 is 18.0 Å². The van der Waals surface area contributed by atoms with Crippen molar-refractivity contribution in [2.24, 2.45) is 5.73 Å². The SMILES string of the molecule is NC(=O)c1cccc(-c2cccc(C(F)(F)F)c2)c1CCCCCCCCc1ccccc1. The van der Waals surface area contributed by atoms with E-state index in [1.807, 2.05) is 6.07 Å². The van der Waals surface area contributed by atoms with Crippen molar-refractivity contribution in [3.63, 3.8) is 0 Å². The fourth-order valence-corrected chi connectivity index (χ4v) is 4.20. The highest BCUT2D eigenvalue weighted by molar-refractivity contribution is 5.96. The van der Waals surface area contributed by atoms with Gasteiger partial charge in [-0.1, -0.05) is 80.3 Å². The Morgan fingerprint density at radius 1 is 0.727 bits per heavy atom. The molecule has 0 aliphatic carbocycles. The van der Waals surface area contributed by atoms with Gasteiger partial charge in [-0.25, -0.2) is 0 Å². The van der Waals surface area contributed by atoms with E-state index in [9.17, 15) is 18.0 Å². The molecule has 0 saturated heterocycles. The van der Waals surface area contributed by atoms with Crippen molar-refractivity contribution in [1.29, 1.82) is 0 Å². The van der Waals surface area contributed by atoms with Gasteiger partial charge < -0.3 is 5.73 Å². The first kappa shape index (κ1) is 24.6. The fourth-order valence-electron chi connectivity index (χ4n) is 4.20. The largest absolute Gasteiger partial charge is 0.416 e. The highest BCUT2D eigenvalue weighted by Gasteiger charge is 2.30. The molecule has 5 heteroatoms. The summed E-state index contributed by atoms with van der Waals surface area (Å²) in [6.07, 6.45) is 3.70. The Bertz CT molecular complexity index is 1040. The van der Waals surface area contributed by atoms with Gasteiger partial charge in [-0.15, -0.1) is 0 Å². The van der Waals surface area contributed by atoms with Crippen LogP contribution in [0.15, 0.2) is 72.8 Å². The maximum Gasteiger partial charge on any atom is 0.416 e. The molecule has 0 saturated carbocycles. The molecule has 174 valence electrons. The minimum atomic E-state index is -4.42. The van der Waals surface area contributed by atoms with Crippen molar-refractivity contribution in [2.45, 2.75) is 57.5 Å². The Balaban J connectivity index is 1.59. The second kappa shape index (κ2) is 11.7. The van der Waals surface area contributed by atoms with Crippen LogP contribution < -0.4 is 5.73 Å². The van der Waals surface area contributed by atoms with Gasteiger partial charge in [-0.2, -0.15) is 13.2 Å². The molecule has 0 fully saturated rings. The third-order valence-electron chi connectivity index (χ3n) is 5.93. The molecule has 0 atom stereocenters. The van der Waals surface area contributed by atoms with Crippen molar-refractivity contribution >= 4 is 5.91 Å². The summed E-state index contributed by atoms with van der Waals surface area (Å²) >= 11 is 0. The van der Waals surface area contributed by atoms with Crippen LogP contribution in [-0.4, -0.2) is 5.91 Å². The number of benzene rings is 3. The monoisotopic (exact) mass is 453 g/mol. The molecule has 0 aromatic heterocycles. The Labute approximate surface area is 193 Å². The predicted octanol–water partition coefficient (Wildman–Crippen LogP) is 7.60. The van der Waals surface area contributed by atoms with E-state index >= 15 is 0 Å². The number of alkyl halides is 3. The molecule has 2 nitrogen and oxygen atoms in total. The lowest BCUT2D eigenvalue weighted by Gasteiger charge is -2.15. The molecule has 1 amide bonds. The zero-order valence-corrected chi connectivity index (χ0v) is 18.7. The summed E-state index contributed by atoms with van der Waals surface area (Å²) in [5.41, 5.74) is 8.44. The van der Waals surface area contributed by atoms with E-state index < -0.39 is 17.6 Å². The van der Waals surface area contributed by atoms with E-state index in [4.69, 9.17) is 5.73 Å². The lowest BCUT2D eigenvalue weighted by atomic mass is 9.90. The molecular formula is C28H30F3NO. The number of rotatable bonds is 11. The molecule has 0 aliphatic heterocycles. The number of hydrogen-bond acceptors (Lipinski definition) is 1. The first-order valence-corrected chi connectivity index (χ1v) is 11.5. The first-order valence-electron chi connectivity index (χ1n) is 11.5. The van der Waals surface area contributed by atoms with E-state index in [-0.39, 0.29) is 0 Å². The van der Waals surface area contributed by atoms with Crippen LogP contribution in [0.1, 0.15) is 65.6 Å². The maximum atomic E-state index is 13.2. The van der Waals surface area contributed by atoms with Crippen LogP contribution in [0.3, 0.4) is 0 Å². The molecule has 3 aromatic rings. The van der Waals surface area contributed by atoms with Gasteiger partial charge in [-0.05, 0) is 66.1 Å². The van der Waals surface area contributed by atoms with E-state index in [2.05, 4.69) is 24.3 Å². The molecule has 3 rings (SSSR count). The number of amides is 1. The molecule has 0 aliphatic rings. The van der Waals surface area contributed by atoms with Gasteiger partial charge in [0.2, 0.25) is 5.91 Å². The van der Waals surface area contributed by atoms with Crippen molar-refractivity contribution in [3.8, 4) is 11.1 Å². The van der Waals surface area contributed by atoms with Gasteiger partial charge in [-0.3, -0.25) is 4.79 Å². The normalized spacial score (nSPS) is 11.5. The molecule has 0 unspecified atom stereocenters. The first-order chi connectivity index (χ1) is 15.9. The molecule has 33 heavy (non-hydrogen) atoms. The summed E-state index contributed by atoms with van der Waals surface area (Å²) in [7, 11) is 0. The third-order valence-corrected chi connectivity index (χ3v) is 5.93. The van der Waals surface area contributed by atoms with E-state index in [0.717, 1.165) is 56.2 Å². The molecule has 0 heterocycles. The number of unbranched alkanes of at least 4 members (excludes halogenated alkanes) is 5. The lowest BCUT2D eigenvalue weighted by Crippen LogP contribution is -2.14. The Kier molecular flexibility index (Phi) is 8.70. The number of primary amides is 1. The van der Waals surface area contributed by atoms with Gasteiger partial charge in [0.15, 0.2) is 0 Å². The highest BCUT2D eigenvalue weighted by Crippen LogP contribution is 2.34. The van der Waals surface area contributed by atoms with Gasteiger partial charge in [0.1, 0.15) is 0 Å². The van der Waals surface area contributed by atoms with Crippen molar-refractivity contribution in [3.05, 3.63) is 95.1 Å². The van der Waals surface area contributed by atoms with E-state index in [1.54, 1.807) is 24.3 Å². The van der Waals surface area contributed by atoms with Crippen LogP contribution in [0.2, 0.25) is 0 Å². The number of carbonyl (C=O) groups is 1. The van der Waals surface area contributed by atoms with Crippen LogP contribution in [0.5, 0.6) is 0 Å². The number of nitrogens with two attached hydrogens (primary N) is 1. The van der Waals surface area contributed by atoms with Crippen LogP contribution >= 0.6 is 0 Å². The van der Waals surface area contributed by atoms with Crippen LogP contribution in [0.4, 0.5) is 13.2 Å². The average Bonchev–Trinajstić information content (AvgIpc) is 2.81. The topological polar surface area (TPSA) is 43.1 Å². The fraction of sp³-hybridized carbons (Fsp3) is 0.321. The van der Waals surface area contributed by atoms with Gasteiger partial charge in [0.05, 0.1) is 5.56 Å². The third kappa shape index (κ3) is 7.21. The van der Waals surface area contributed by atoms with E-state index in [1.165, 1.54) is 18.1 Å². The van der Waals surface area contributed by atoms with Gasteiger partial charge >= 0.3 is 6.18 Å². The second-order valence-electron chi connectivity index (χ2n) is 8.38. The highest BCUT2D eigenvalue weighted by atomic mass is 19.4. The summed E-state index contributed by atoms with van der Waals surface area (Å²) in [5.74, 6) is -0.556. The maximum absolute atomic E-state index is 13.2. The van der Waals surface area contributed by atoms with E-state index in [0.29, 0.717) is 23.1 Å². The molecule has 3 aromatic carbocycles. The molecule has 0 radical (unpaired) electrons. The number of hydrogen-bond donors (Lipinski definition) is 1.